The smallest absolute Gasteiger partial charge is 0.358 e. The topological polar surface area (TPSA) is 94.1 Å². The molecule has 0 radical (unpaired) electrons. The first-order valence-corrected chi connectivity index (χ1v) is 27.0. The van der Waals surface area contributed by atoms with Gasteiger partial charge in [0.2, 0.25) is 0 Å². The minimum absolute atomic E-state index is 0.113. The predicted molar refractivity (Wildman–Crippen MR) is 253 cm³/mol. The summed E-state index contributed by atoms with van der Waals surface area (Å²) >= 11 is 5.01. The van der Waals surface area contributed by atoms with Gasteiger partial charge in [0.15, 0.2) is 10.8 Å². The second-order valence-corrected chi connectivity index (χ2v) is 25.2. The van der Waals surface area contributed by atoms with Crippen molar-refractivity contribution in [3.05, 3.63) is 101 Å². The third kappa shape index (κ3) is 12.0. The average molecular weight is 914 g/mol. The molecule has 9 nitrogen and oxygen atoms in total. The molecular weight excluding hydrogens is 853 g/mol. The second-order valence-electron chi connectivity index (χ2n) is 17.8. The summed E-state index contributed by atoms with van der Waals surface area (Å²) in [6, 6.07) is 24.8. The van der Waals surface area contributed by atoms with Crippen molar-refractivity contribution in [3.63, 3.8) is 0 Å². The number of para-hydroxylation sites is 1. The Balaban J connectivity index is 1.27. The predicted octanol–water partition coefficient (Wildman–Crippen LogP) is 12.3. The van der Waals surface area contributed by atoms with Crippen LogP contribution in [0.25, 0.3) is 21.3 Å². The molecule has 0 bridgehead atoms. The number of halogens is 1. The number of fused-ring (bicyclic) bond motifs is 2. The molecule has 0 saturated heterocycles. The molecule has 0 atom stereocenters. The maximum absolute atomic E-state index is 14.7. The van der Waals surface area contributed by atoms with Crippen molar-refractivity contribution < 1.29 is 23.8 Å². The number of pyridine rings is 1. The van der Waals surface area contributed by atoms with Crippen LogP contribution in [0.3, 0.4) is 0 Å². The van der Waals surface area contributed by atoms with Crippen LogP contribution in [0.2, 0.25) is 25.7 Å². The summed E-state index contributed by atoms with van der Waals surface area (Å²) in [4.78, 5) is 42.5. The summed E-state index contributed by atoms with van der Waals surface area (Å²) in [5.74, 6) is 0.809. The van der Waals surface area contributed by atoms with Crippen LogP contribution in [0.1, 0.15) is 96.8 Å². The number of alkyl halides is 1. The quantitative estimate of drug-likeness (QED) is 0.0266. The molecule has 0 fully saturated rings. The number of rotatable bonds is 19. The number of thiazole rings is 1. The maximum Gasteiger partial charge on any atom is 0.358 e. The van der Waals surface area contributed by atoms with E-state index < -0.39 is 19.6 Å². The van der Waals surface area contributed by atoms with Crippen molar-refractivity contribution in [2.75, 3.05) is 41.6 Å². The monoisotopic (exact) mass is 912 g/mol. The number of carbonyl (C=O) groups is 2. The molecule has 1 aliphatic rings. The second kappa shape index (κ2) is 20.6. The van der Waals surface area contributed by atoms with Gasteiger partial charge in [0.25, 0.3) is 5.91 Å². The summed E-state index contributed by atoms with van der Waals surface area (Å²) in [6.45, 7) is 17.0. The van der Waals surface area contributed by atoms with Gasteiger partial charge in [0.05, 0.1) is 16.8 Å². The van der Waals surface area contributed by atoms with E-state index in [0.29, 0.717) is 54.8 Å². The Kier molecular flexibility index (Phi) is 15.6. The van der Waals surface area contributed by atoms with Crippen molar-refractivity contribution >= 4 is 68.4 Å². The van der Waals surface area contributed by atoms with Crippen LogP contribution in [0.15, 0.2) is 72.8 Å². The number of esters is 1. The van der Waals surface area contributed by atoms with Crippen molar-refractivity contribution in [1.29, 1.82) is 0 Å². The van der Waals surface area contributed by atoms with Gasteiger partial charge in [-0.15, -0.1) is 0 Å². The molecule has 0 spiro atoms. The maximum atomic E-state index is 14.7. The van der Waals surface area contributed by atoms with E-state index in [1.165, 1.54) is 37.0 Å². The van der Waals surface area contributed by atoms with Gasteiger partial charge in [-0.25, -0.2) is 14.8 Å². The van der Waals surface area contributed by atoms with Gasteiger partial charge in [0.1, 0.15) is 23.9 Å². The normalized spacial score (nSPS) is 13.0. The molecule has 12 heteroatoms. The lowest BCUT2D eigenvalue weighted by Crippen LogP contribution is -2.37. The van der Waals surface area contributed by atoms with Crippen LogP contribution >= 0.6 is 27.3 Å². The standard InChI is InChI=1S/C48H61BrN4O5SSi/c1-34-36(19-17-22-41(34)57-29-15-11-9-8-10-14-27-49)37-24-25-43(51-44(37)46(55)58-48(2,3)4)52-28-26-35-18-16-20-38(39(35)32-52)45(54)53(33-56-30-31-60(5,6)7)47-50-40-21-12-13-23-42(40)59-47/h12-13,16-25H,8-11,14-15,26-33H2,1-7H3. The van der Waals surface area contributed by atoms with Crippen LogP contribution in [0.4, 0.5) is 10.9 Å². The van der Waals surface area contributed by atoms with Crippen molar-refractivity contribution in [3.8, 4) is 16.9 Å². The zero-order chi connectivity index (χ0) is 42.9. The molecule has 0 N–H and O–H groups in total. The molecular formula is C48H61BrN4O5SSi. The fourth-order valence-electron chi connectivity index (χ4n) is 7.31. The number of unbranched alkanes of at least 4 members (excludes halogenated alkanes) is 5. The highest BCUT2D eigenvalue weighted by molar-refractivity contribution is 9.09. The first-order chi connectivity index (χ1) is 28.7. The Hall–Kier alpha value is -4.10. The molecule has 1 amide bonds. The van der Waals surface area contributed by atoms with Gasteiger partial charge < -0.3 is 19.1 Å². The third-order valence-corrected chi connectivity index (χ3v) is 14.0. The highest BCUT2D eigenvalue weighted by Crippen LogP contribution is 2.36. The minimum Gasteiger partial charge on any atom is -0.493 e. The Morgan fingerprint density at radius 2 is 1.62 bits per heavy atom. The number of hydrogen-bond acceptors (Lipinski definition) is 9. The number of amides is 1. The Bertz CT molecular complexity index is 2220. The van der Waals surface area contributed by atoms with Gasteiger partial charge in [-0.2, -0.15) is 0 Å². The van der Waals surface area contributed by atoms with Gasteiger partial charge >= 0.3 is 5.97 Å². The molecule has 60 heavy (non-hydrogen) atoms. The van der Waals surface area contributed by atoms with E-state index in [4.69, 9.17) is 24.2 Å². The van der Waals surface area contributed by atoms with Crippen LogP contribution in [0, 0.1) is 6.92 Å². The van der Waals surface area contributed by atoms with E-state index in [2.05, 4.69) is 46.5 Å². The van der Waals surface area contributed by atoms with E-state index >= 15 is 0 Å². The van der Waals surface area contributed by atoms with Crippen molar-refractivity contribution in [1.82, 2.24) is 9.97 Å². The molecule has 0 saturated carbocycles. The van der Waals surface area contributed by atoms with Crippen molar-refractivity contribution in [2.45, 2.75) is 110 Å². The lowest BCUT2D eigenvalue weighted by Gasteiger charge is -2.32. The molecule has 2 aromatic heterocycles. The fourth-order valence-corrected chi connectivity index (χ4v) is 9.41. The molecule has 0 aliphatic carbocycles. The summed E-state index contributed by atoms with van der Waals surface area (Å²) in [5, 5.41) is 1.68. The zero-order valence-corrected chi connectivity index (χ0v) is 39.8. The highest BCUT2D eigenvalue weighted by atomic mass is 79.9. The van der Waals surface area contributed by atoms with Crippen LogP contribution in [-0.2, 0) is 22.4 Å². The molecule has 6 rings (SSSR count). The molecule has 0 unspecified atom stereocenters. The Morgan fingerprint density at radius 1 is 0.867 bits per heavy atom. The SMILES string of the molecule is Cc1c(OCCCCCCCCBr)cccc1-c1ccc(N2CCc3cccc(C(=O)N(COCC[Si](C)(C)C)c4nc5ccccc5s4)c3C2)nc1C(=O)OC(C)(C)C. The van der Waals surface area contributed by atoms with E-state index in [-0.39, 0.29) is 18.3 Å². The van der Waals surface area contributed by atoms with E-state index in [9.17, 15) is 9.59 Å². The molecule has 1 aliphatic heterocycles. The number of anilines is 2. The lowest BCUT2D eigenvalue weighted by molar-refractivity contribution is 0.00637. The first-order valence-electron chi connectivity index (χ1n) is 21.4. The van der Waals surface area contributed by atoms with Crippen LogP contribution in [0.5, 0.6) is 5.75 Å². The first kappa shape index (κ1) is 45.4. The van der Waals surface area contributed by atoms with Gasteiger partial charge in [0, 0.05) is 44.2 Å². The van der Waals surface area contributed by atoms with Gasteiger partial charge in [-0.05, 0) is 112 Å². The van der Waals surface area contributed by atoms with E-state index in [0.717, 1.165) is 62.4 Å². The molecule has 5 aromatic rings. The third-order valence-electron chi connectivity index (χ3n) is 10.6. The fraction of sp³-hybridized carbons (Fsp3) is 0.458. The van der Waals surface area contributed by atoms with Crippen LogP contribution < -0.4 is 14.5 Å². The van der Waals surface area contributed by atoms with Gasteiger partial charge in [-0.3, -0.25) is 9.69 Å². The number of aromatic nitrogens is 2. The van der Waals surface area contributed by atoms with E-state index in [1.54, 1.807) is 4.90 Å². The summed E-state index contributed by atoms with van der Waals surface area (Å²) in [6.07, 6.45) is 7.78. The lowest BCUT2D eigenvalue weighted by atomic mass is 9.94. The zero-order valence-electron chi connectivity index (χ0n) is 36.4. The largest absolute Gasteiger partial charge is 0.493 e. The summed E-state index contributed by atoms with van der Waals surface area (Å²) in [5.41, 5.74) is 5.57. The van der Waals surface area contributed by atoms with Crippen LogP contribution in [-0.4, -0.2) is 67.3 Å². The van der Waals surface area contributed by atoms with Crippen molar-refractivity contribution in [2.24, 2.45) is 0 Å². The highest BCUT2D eigenvalue weighted by Gasteiger charge is 2.30. The minimum atomic E-state index is -1.34. The van der Waals surface area contributed by atoms with Gasteiger partial charge in [-0.1, -0.05) is 109 Å². The summed E-state index contributed by atoms with van der Waals surface area (Å²) < 4.78 is 19.5. The average Bonchev–Trinajstić information content (AvgIpc) is 3.64. The Labute approximate surface area is 370 Å². The molecule has 3 aromatic carbocycles. The number of benzene rings is 3. The Morgan fingerprint density at radius 3 is 2.37 bits per heavy atom. The number of carbonyl (C=O) groups excluding carboxylic acids is 2. The molecule has 3 heterocycles. The number of ether oxygens (including phenoxy) is 3. The van der Waals surface area contributed by atoms with E-state index in [1.807, 2.05) is 94.4 Å². The number of nitrogens with zero attached hydrogens (tertiary/aromatic N) is 4. The number of hydrogen-bond donors (Lipinski definition) is 0. The summed E-state index contributed by atoms with van der Waals surface area (Å²) in [7, 11) is -1.34. The molecule has 320 valence electrons.